The molecule has 1 aliphatic rings. The first-order chi connectivity index (χ1) is 18.5. The molecule has 0 aromatic heterocycles. The molecule has 0 radical (unpaired) electrons. The van der Waals surface area contributed by atoms with Crippen LogP contribution in [0.2, 0.25) is 0 Å². The molecule has 10 heteroatoms. The molecule has 0 fully saturated rings. The number of amides is 1. The van der Waals surface area contributed by atoms with Gasteiger partial charge in [0.25, 0.3) is 5.91 Å². The molecule has 1 amide bonds. The van der Waals surface area contributed by atoms with Crippen LogP contribution in [0.1, 0.15) is 11.1 Å². The van der Waals surface area contributed by atoms with E-state index in [9.17, 15) is 23.1 Å². The molecule has 1 aliphatic heterocycles. The highest BCUT2D eigenvalue weighted by Gasteiger charge is 2.35. The van der Waals surface area contributed by atoms with Crippen LogP contribution in [-0.2, 0) is 11.0 Å². The Balaban J connectivity index is 1.53. The minimum absolute atomic E-state index is 0.0337. The van der Waals surface area contributed by atoms with Gasteiger partial charge in [0, 0.05) is 31.3 Å². The maximum Gasteiger partial charge on any atom is 0.416 e. The van der Waals surface area contributed by atoms with Crippen LogP contribution >= 0.6 is 0 Å². The summed E-state index contributed by atoms with van der Waals surface area (Å²) in [5.41, 5.74) is 0.835. The highest BCUT2D eigenvalue weighted by Crippen LogP contribution is 2.38. The number of hydrogen-bond acceptors (Lipinski definition) is 6. The summed E-state index contributed by atoms with van der Waals surface area (Å²) in [6.07, 6.45) is -5.23. The summed E-state index contributed by atoms with van der Waals surface area (Å²) in [4.78, 5) is 23.4. The van der Waals surface area contributed by atoms with E-state index in [0.717, 1.165) is 25.2 Å². The summed E-state index contributed by atoms with van der Waals surface area (Å²) < 4.78 is 45.4. The minimum Gasteiger partial charge on any atom is -0.491 e. The van der Waals surface area contributed by atoms with Crippen molar-refractivity contribution < 1.29 is 27.8 Å². The van der Waals surface area contributed by atoms with Crippen molar-refractivity contribution in [3.63, 3.8) is 0 Å². The molecule has 0 saturated heterocycles. The zero-order valence-electron chi connectivity index (χ0n) is 22.0. The van der Waals surface area contributed by atoms with E-state index in [-0.39, 0.29) is 18.0 Å². The Hall–Kier alpha value is -3.73. The summed E-state index contributed by atoms with van der Waals surface area (Å²) in [5, 5.41) is 10.4. The van der Waals surface area contributed by atoms with Crippen molar-refractivity contribution in [3.05, 3.63) is 83.9 Å². The Morgan fingerprint density at radius 2 is 1.72 bits per heavy atom. The van der Waals surface area contributed by atoms with Gasteiger partial charge in [0.1, 0.15) is 24.2 Å². The van der Waals surface area contributed by atoms with Gasteiger partial charge in [0.15, 0.2) is 0 Å². The van der Waals surface area contributed by atoms with Gasteiger partial charge in [0.05, 0.1) is 22.6 Å². The van der Waals surface area contributed by atoms with E-state index in [0.29, 0.717) is 29.2 Å². The number of halogens is 3. The van der Waals surface area contributed by atoms with Crippen LogP contribution in [0.5, 0.6) is 5.75 Å². The lowest BCUT2D eigenvalue weighted by molar-refractivity contribution is -0.137. The number of benzene rings is 3. The second-order valence-corrected chi connectivity index (χ2v) is 9.69. The maximum absolute atomic E-state index is 13.5. The first-order valence-corrected chi connectivity index (χ1v) is 12.5. The van der Waals surface area contributed by atoms with Gasteiger partial charge in [-0.15, -0.1) is 0 Å². The highest BCUT2D eigenvalue weighted by molar-refractivity contribution is 6.56. The van der Waals surface area contributed by atoms with Crippen molar-refractivity contribution in [1.29, 1.82) is 0 Å². The summed E-state index contributed by atoms with van der Waals surface area (Å²) >= 11 is 0. The Morgan fingerprint density at radius 3 is 2.46 bits per heavy atom. The zero-order valence-corrected chi connectivity index (χ0v) is 22.0. The van der Waals surface area contributed by atoms with Gasteiger partial charge in [-0.05, 0) is 57.5 Å². The molecule has 3 aromatic rings. The normalized spacial score (nSPS) is 15.4. The topological polar surface area (TPSA) is 68.6 Å². The second kappa shape index (κ2) is 12.0. The Labute approximate surface area is 225 Å². The lowest BCUT2D eigenvalue weighted by Gasteiger charge is -2.22. The van der Waals surface area contributed by atoms with Crippen LogP contribution < -0.4 is 9.64 Å². The summed E-state index contributed by atoms with van der Waals surface area (Å²) in [7, 11) is 5.91. The lowest BCUT2D eigenvalue weighted by Crippen LogP contribution is -2.36. The van der Waals surface area contributed by atoms with E-state index in [1.54, 1.807) is 48.5 Å². The van der Waals surface area contributed by atoms with Gasteiger partial charge in [-0.2, -0.15) is 13.2 Å². The molecule has 206 valence electrons. The fraction of sp³-hybridized carbons (Fsp3) is 0.310. The number of aliphatic hydroxyl groups is 1. The van der Waals surface area contributed by atoms with Crippen molar-refractivity contribution in [1.82, 2.24) is 9.80 Å². The van der Waals surface area contributed by atoms with E-state index in [4.69, 9.17) is 4.74 Å². The number of para-hydroxylation sites is 1. The smallest absolute Gasteiger partial charge is 0.416 e. The first kappa shape index (κ1) is 28.3. The number of alkyl halides is 3. The number of aliphatic imine (C=N–C) groups is 1. The third-order valence-electron chi connectivity index (χ3n) is 6.19. The fourth-order valence-electron chi connectivity index (χ4n) is 4.22. The first-order valence-electron chi connectivity index (χ1n) is 12.5. The Kier molecular flexibility index (Phi) is 8.69. The monoisotopic (exact) mass is 540 g/mol. The molecule has 1 unspecified atom stereocenters. The van der Waals surface area contributed by atoms with Crippen LogP contribution in [-0.4, -0.2) is 80.0 Å². The predicted molar refractivity (Wildman–Crippen MR) is 145 cm³/mol. The quantitative estimate of drug-likeness (QED) is 0.403. The molecule has 1 atom stereocenters. The largest absolute Gasteiger partial charge is 0.491 e. The van der Waals surface area contributed by atoms with Crippen molar-refractivity contribution in [3.8, 4) is 5.75 Å². The molecule has 7 nitrogen and oxygen atoms in total. The summed E-state index contributed by atoms with van der Waals surface area (Å²) in [6, 6.07) is 18.4. The SMILES string of the molecule is CN(C)CCN(C)CC(O)COc1cccc(N2C(=O)C(=Nc3cccc(C(F)(F)F)c3)c3ccccc32)c1. The molecular formula is C29H31F3N4O3. The van der Waals surface area contributed by atoms with E-state index in [1.807, 2.05) is 26.0 Å². The van der Waals surface area contributed by atoms with Crippen LogP contribution in [0.25, 0.3) is 0 Å². The van der Waals surface area contributed by atoms with Crippen molar-refractivity contribution in [2.45, 2.75) is 12.3 Å². The van der Waals surface area contributed by atoms with Crippen LogP contribution in [0.3, 0.4) is 0 Å². The number of carbonyl (C=O) groups excluding carboxylic acids is 1. The number of anilines is 2. The Bertz CT molecular complexity index is 1340. The van der Waals surface area contributed by atoms with Gasteiger partial charge in [-0.3, -0.25) is 9.69 Å². The number of likely N-dealkylation sites (N-methyl/N-ethyl adjacent to an activating group) is 2. The van der Waals surface area contributed by atoms with Crippen LogP contribution in [0, 0.1) is 0 Å². The second-order valence-electron chi connectivity index (χ2n) is 9.69. The molecule has 4 rings (SSSR count). The molecule has 0 bridgehead atoms. The number of aliphatic hydroxyl groups excluding tert-OH is 1. The fourth-order valence-corrected chi connectivity index (χ4v) is 4.22. The van der Waals surface area contributed by atoms with E-state index < -0.39 is 23.8 Å². The van der Waals surface area contributed by atoms with E-state index in [2.05, 4.69) is 9.89 Å². The predicted octanol–water partition coefficient (Wildman–Crippen LogP) is 4.74. The minimum atomic E-state index is -4.52. The summed E-state index contributed by atoms with van der Waals surface area (Å²) in [5.74, 6) is 0.00403. The molecule has 3 aromatic carbocycles. The maximum atomic E-state index is 13.5. The van der Waals surface area contributed by atoms with Gasteiger partial charge >= 0.3 is 6.18 Å². The molecule has 0 spiro atoms. The number of rotatable bonds is 10. The van der Waals surface area contributed by atoms with Gasteiger partial charge in [-0.1, -0.05) is 30.3 Å². The number of fused-ring (bicyclic) bond motifs is 1. The Morgan fingerprint density at radius 1 is 0.974 bits per heavy atom. The number of ether oxygens (including phenoxy) is 1. The number of carbonyl (C=O) groups is 1. The van der Waals surface area contributed by atoms with Gasteiger partial charge in [0.2, 0.25) is 0 Å². The third kappa shape index (κ3) is 7.03. The van der Waals surface area contributed by atoms with Gasteiger partial charge < -0.3 is 19.6 Å². The summed E-state index contributed by atoms with van der Waals surface area (Å²) in [6.45, 7) is 2.19. The molecule has 0 saturated carbocycles. The molecule has 39 heavy (non-hydrogen) atoms. The standard InChI is InChI=1S/C29H31F3N4O3/c1-34(2)14-15-35(3)18-23(37)19-39-24-11-7-10-22(17-24)36-26-13-5-4-12-25(26)27(28(36)38)33-21-9-6-8-20(16-21)29(30,31)32/h4-13,16-17,23,37H,14-15,18-19H2,1-3H3. The average Bonchev–Trinajstić information content (AvgIpc) is 3.17. The van der Waals surface area contributed by atoms with Crippen molar-refractivity contribution >= 4 is 28.7 Å². The zero-order chi connectivity index (χ0) is 28.2. The lowest BCUT2D eigenvalue weighted by atomic mass is 10.1. The van der Waals surface area contributed by atoms with E-state index in [1.165, 1.54) is 17.0 Å². The van der Waals surface area contributed by atoms with Crippen LogP contribution in [0.15, 0.2) is 77.8 Å². The van der Waals surface area contributed by atoms with E-state index >= 15 is 0 Å². The number of nitrogens with zero attached hydrogens (tertiary/aromatic N) is 4. The molecular weight excluding hydrogens is 509 g/mol. The van der Waals surface area contributed by atoms with Crippen molar-refractivity contribution in [2.24, 2.45) is 4.99 Å². The van der Waals surface area contributed by atoms with Crippen molar-refractivity contribution in [2.75, 3.05) is 52.3 Å². The molecule has 0 aliphatic carbocycles. The molecule has 1 heterocycles. The molecule has 1 N–H and O–H groups in total. The third-order valence-corrected chi connectivity index (χ3v) is 6.19. The highest BCUT2D eigenvalue weighted by atomic mass is 19.4. The van der Waals surface area contributed by atoms with Gasteiger partial charge in [-0.25, -0.2) is 4.99 Å². The average molecular weight is 541 g/mol. The van der Waals surface area contributed by atoms with Crippen LogP contribution in [0.4, 0.5) is 30.2 Å². The number of hydrogen-bond donors (Lipinski definition) is 1.